The number of ether oxygens (including phenoxy) is 6. The van der Waals surface area contributed by atoms with Crippen molar-refractivity contribution in [3.63, 3.8) is 0 Å². The maximum atomic E-state index is 15.5. The Morgan fingerprint density at radius 2 is 0.942 bits per heavy atom. The number of rotatable bonds is 15. The molecule has 0 aliphatic carbocycles. The van der Waals surface area contributed by atoms with Crippen LogP contribution in [-0.4, -0.2) is 219 Å². The summed E-state index contributed by atoms with van der Waals surface area (Å²) in [6.07, 6.45) is 1.81. The minimum absolute atomic E-state index is 0.118. The van der Waals surface area contributed by atoms with Gasteiger partial charge in [-0.2, -0.15) is 39.9 Å². The maximum Gasteiger partial charge on any atom is 0.345 e. The average molecular weight is 1180 g/mol. The fourth-order valence-corrected chi connectivity index (χ4v) is 10.9. The van der Waals surface area contributed by atoms with Gasteiger partial charge >= 0.3 is 24.1 Å². The fraction of sp³-hybridized carbons (Fsp3) is 0.433. The molecule has 6 aromatic rings. The Morgan fingerprint density at radius 3 is 1.40 bits per heavy atom. The lowest BCUT2D eigenvalue weighted by Gasteiger charge is -2.35. The molecule has 8 heterocycles. The van der Waals surface area contributed by atoms with E-state index in [1.165, 1.54) is 10.0 Å². The zero-order valence-corrected chi connectivity index (χ0v) is 48.2. The Morgan fingerprint density at radius 1 is 0.500 bits per heavy atom. The molecule has 0 saturated carbocycles. The molecule has 26 heteroatoms. The van der Waals surface area contributed by atoms with Crippen molar-refractivity contribution in [1.82, 2.24) is 49.9 Å². The fourth-order valence-electron chi connectivity index (χ4n) is 10.9. The Labute approximate surface area is 497 Å². The Balaban J connectivity index is 0.895. The van der Waals surface area contributed by atoms with Crippen molar-refractivity contribution in [1.29, 1.82) is 0 Å². The van der Waals surface area contributed by atoms with E-state index in [4.69, 9.17) is 53.3 Å². The third kappa shape index (κ3) is 13.7. The number of carbonyl (C=O) groups excluding carboxylic acids is 4. The molecule has 3 atom stereocenters. The number of amides is 6. The van der Waals surface area contributed by atoms with E-state index in [1.807, 2.05) is 28.8 Å². The van der Waals surface area contributed by atoms with Crippen LogP contribution in [0.15, 0.2) is 97.1 Å². The second-order valence-corrected chi connectivity index (χ2v) is 21.8. The van der Waals surface area contributed by atoms with E-state index in [2.05, 4.69) is 25.8 Å². The van der Waals surface area contributed by atoms with Crippen molar-refractivity contribution in [2.75, 3.05) is 163 Å². The first kappa shape index (κ1) is 57.8. The van der Waals surface area contributed by atoms with Gasteiger partial charge in [0.2, 0.25) is 11.9 Å². The zero-order chi connectivity index (χ0) is 58.9. The van der Waals surface area contributed by atoms with E-state index in [-0.39, 0.29) is 53.5 Å². The van der Waals surface area contributed by atoms with Crippen LogP contribution in [0.2, 0.25) is 0 Å². The first-order chi connectivity index (χ1) is 42.0. The highest BCUT2D eigenvalue weighted by molar-refractivity contribution is 6.13. The summed E-state index contributed by atoms with van der Waals surface area (Å²) in [7, 11) is 4.01. The van der Waals surface area contributed by atoms with Gasteiger partial charge in [-0.1, -0.05) is 0 Å². The molecule has 2 aromatic heterocycles. The number of hydrogen-bond donors (Lipinski definition) is 3. The summed E-state index contributed by atoms with van der Waals surface area (Å²) in [6.45, 7) is 10.1. The minimum Gasteiger partial charge on any atom is -0.457 e. The monoisotopic (exact) mass is 1170 g/mol. The largest absolute Gasteiger partial charge is 0.457 e. The molecule has 12 rings (SSSR count). The van der Waals surface area contributed by atoms with Crippen LogP contribution < -0.4 is 45.2 Å². The van der Waals surface area contributed by atoms with Crippen LogP contribution in [-0.2, 0) is 18.9 Å². The number of hydrazine groups is 1. The van der Waals surface area contributed by atoms with Crippen molar-refractivity contribution in [2.45, 2.75) is 37.5 Å². The highest BCUT2D eigenvalue weighted by atomic mass is 16.6. The van der Waals surface area contributed by atoms with Gasteiger partial charge in [-0.05, 0) is 118 Å². The predicted octanol–water partition coefficient (Wildman–Crippen LogP) is 4.91. The number of likely N-dealkylation sites (tertiary alicyclic amines) is 1. The molecule has 0 spiro atoms. The third-order valence-electron chi connectivity index (χ3n) is 15.8. The molecule has 6 aliphatic rings. The molecule has 4 aromatic carbocycles. The lowest BCUT2D eigenvalue weighted by atomic mass is 10.1. The smallest absolute Gasteiger partial charge is 0.345 e. The lowest BCUT2D eigenvalue weighted by Crippen LogP contribution is -2.54. The number of benzene rings is 4. The van der Waals surface area contributed by atoms with Crippen LogP contribution in [0, 0.1) is 0 Å². The molecule has 86 heavy (non-hydrogen) atoms. The molecule has 6 aliphatic heterocycles. The number of nitrogens with one attached hydrogen (secondary N) is 3. The Hall–Kier alpha value is -8.66. The second-order valence-electron chi connectivity index (χ2n) is 21.8. The molecule has 0 bridgehead atoms. The van der Waals surface area contributed by atoms with E-state index in [0.29, 0.717) is 188 Å². The molecular weight excluding hydrogens is 1100 g/mol. The summed E-state index contributed by atoms with van der Waals surface area (Å²) in [6, 6.07) is 26.2. The van der Waals surface area contributed by atoms with Gasteiger partial charge in [-0.25, -0.2) is 9.59 Å². The number of urea groups is 2. The van der Waals surface area contributed by atoms with Crippen molar-refractivity contribution >= 4 is 58.5 Å². The van der Waals surface area contributed by atoms with E-state index < -0.39 is 12.1 Å². The number of aromatic nitrogens is 6. The molecule has 6 amide bonds. The number of piperazine rings is 1. The first-order valence-electron chi connectivity index (χ1n) is 29.3. The van der Waals surface area contributed by atoms with Crippen molar-refractivity contribution in [2.24, 2.45) is 0 Å². The molecule has 3 unspecified atom stereocenters. The number of anilines is 6. The van der Waals surface area contributed by atoms with Gasteiger partial charge in [0.1, 0.15) is 12.2 Å². The molecule has 6 fully saturated rings. The number of morpholine rings is 2. The van der Waals surface area contributed by atoms with E-state index in [9.17, 15) is 9.59 Å². The maximum absolute atomic E-state index is 15.5. The zero-order valence-electron chi connectivity index (χ0n) is 48.2. The molecular formula is C60H70N16O10. The average Bonchev–Trinajstić information content (AvgIpc) is 2.93. The SMILES string of the molecule is CN(C)C1CCN(C(=O)c2ccc(N(C(=O)Nc3ccc(-c4nc(OC5CCOC5)nc(N5CCOCC5)n4)cc3)N(C(=O)Nc3ccc(C(=O)N4CCNCC4)cc3)c3ccc(-c4nc(OC5CCOC5)nc(N5CCOCC5)n4)cc3)cc2)C1. The van der Waals surface area contributed by atoms with Gasteiger partial charge in [0, 0.05) is 118 Å². The van der Waals surface area contributed by atoms with E-state index in [1.54, 1.807) is 102 Å². The van der Waals surface area contributed by atoms with Gasteiger partial charge < -0.3 is 68.9 Å². The van der Waals surface area contributed by atoms with Gasteiger partial charge in [-0.15, -0.1) is 0 Å². The topological polar surface area (TPSA) is 260 Å². The van der Waals surface area contributed by atoms with Crippen LogP contribution in [0.4, 0.5) is 44.2 Å². The Kier molecular flexibility index (Phi) is 17.9. The second kappa shape index (κ2) is 26.7. The summed E-state index contributed by atoms with van der Waals surface area (Å²) < 4.78 is 34.8. The van der Waals surface area contributed by atoms with Gasteiger partial charge in [0.25, 0.3) is 11.8 Å². The van der Waals surface area contributed by atoms with Crippen LogP contribution >= 0.6 is 0 Å². The van der Waals surface area contributed by atoms with Crippen molar-refractivity contribution in [3.8, 4) is 34.8 Å². The minimum atomic E-state index is -0.742. The highest BCUT2D eigenvalue weighted by Gasteiger charge is 2.33. The number of carbonyl (C=O) groups is 4. The van der Waals surface area contributed by atoms with Gasteiger partial charge in [-0.3, -0.25) is 9.59 Å². The lowest BCUT2D eigenvalue weighted by molar-refractivity contribution is 0.0734. The molecule has 450 valence electrons. The third-order valence-corrected chi connectivity index (χ3v) is 15.8. The first-order valence-corrected chi connectivity index (χ1v) is 29.3. The normalized spacial score (nSPS) is 19.8. The molecule has 6 saturated heterocycles. The Bertz CT molecular complexity index is 3320. The summed E-state index contributed by atoms with van der Waals surface area (Å²) in [5.41, 5.74) is 3.30. The molecule has 26 nitrogen and oxygen atoms in total. The van der Waals surface area contributed by atoms with Gasteiger partial charge in [0.05, 0.1) is 64.2 Å². The number of hydrogen-bond acceptors (Lipinski definition) is 20. The molecule has 0 radical (unpaired) electrons. The summed E-state index contributed by atoms with van der Waals surface area (Å²) in [5.74, 6) is 1.30. The summed E-state index contributed by atoms with van der Waals surface area (Å²) >= 11 is 0. The highest BCUT2D eigenvalue weighted by Crippen LogP contribution is 2.32. The van der Waals surface area contributed by atoms with Gasteiger partial charge in [0.15, 0.2) is 11.6 Å². The summed E-state index contributed by atoms with van der Waals surface area (Å²) in [4.78, 5) is 96.7. The van der Waals surface area contributed by atoms with Crippen LogP contribution in [0.3, 0.4) is 0 Å². The van der Waals surface area contributed by atoms with E-state index in [0.717, 1.165) is 6.42 Å². The van der Waals surface area contributed by atoms with Crippen LogP contribution in [0.1, 0.15) is 40.0 Å². The summed E-state index contributed by atoms with van der Waals surface area (Å²) in [5, 5.41) is 11.7. The van der Waals surface area contributed by atoms with Crippen LogP contribution in [0.25, 0.3) is 22.8 Å². The standard InChI is InChI=1S/C60H70N16O10/c1-70(2)48-19-24-74(37-48)54(78)43-9-17-47(18-10-43)76(59(79)62-44-11-3-40(4-12-44)51-64-55(72-27-33-81-34-28-72)68-57(66-51)85-49-20-31-83-38-49)75(60(80)63-45-13-5-42(6-14-45)53(77)71-25-22-61-23-26-71)46-15-7-41(8-16-46)52-65-56(73-29-35-82-36-30-73)69-58(67-52)86-50-21-32-84-39-50/h3-18,48-50,61H,19-39H2,1-2H3,(H,62,79)(H,63,80). The quantitative estimate of drug-likeness (QED) is 0.115. The van der Waals surface area contributed by atoms with Crippen molar-refractivity contribution in [3.05, 3.63) is 108 Å². The number of nitrogens with zero attached hydrogens (tertiary/aromatic N) is 13. The van der Waals surface area contributed by atoms with Crippen molar-refractivity contribution < 1.29 is 47.6 Å². The predicted molar refractivity (Wildman–Crippen MR) is 319 cm³/mol. The van der Waals surface area contributed by atoms with E-state index >= 15 is 9.59 Å². The number of likely N-dealkylation sites (N-methyl/N-ethyl adjacent to an activating group) is 1. The molecule has 3 N–H and O–H groups in total. The van der Waals surface area contributed by atoms with Crippen LogP contribution in [0.5, 0.6) is 12.0 Å².